The van der Waals surface area contributed by atoms with Gasteiger partial charge < -0.3 is 16.8 Å². The lowest BCUT2D eigenvalue weighted by molar-refractivity contribution is -0.121. The molecule has 0 bridgehead atoms. The van der Waals surface area contributed by atoms with Gasteiger partial charge in [0.1, 0.15) is 0 Å². The number of rotatable bonds is 4. The Bertz CT molecular complexity index is 321. The zero-order valence-corrected chi connectivity index (χ0v) is 11.3. The zero-order valence-electron chi connectivity index (χ0n) is 10.4. The number of aliphatic imine (C=N–C) groups is 1. The first-order chi connectivity index (χ1) is 8.58. The highest BCUT2D eigenvalue weighted by Gasteiger charge is 2.15. The van der Waals surface area contributed by atoms with E-state index in [9.17, 15) is 4.79 Å². The summed E-state index contributed by atoms with van der Waals surface area (Å²) >= 11 is 1.17. The normalized spacial score (nSPS) is 16.0. The lowest BCUT2D eigenvalue weighted by Gasteiger charge is -2.22. The highest BCUT2D eigenvalue weighted by molar-refractivity contribution is 8.13. The van der Waals surface area contributed by atoms with Crippen molar-refractivity contribution in [2.24, 2.45) is 16.5 Å². The molecule has 0 aromatic heterocycles. The van der Waals surface area contributed by atoms with Gasteiger partial charge >= 0.3 is 0 Å². The second-order valence-corrected chi connectivity index (χ2v) is 5.43. The molecule has 1 saturated carbocycles. The molecule has 0 aromatic rings. The first-order valence-electron chi connectivity index (χ1n) is 6.18. The second kappa shape index (κ2) is 7.97. The maximum Gasteiger partial charge on any atom is 0.221 e. The number of hydrogen-bond donors (Lipinski definition) is 4. The fraction of sp³-hybridized carbons (Fsp3) is 0.727. The Morgan fingerprint density at radius 2 is 2.00 bits per heavy atom. The standard InChI is InChI=1S/C11H21N5OS/c12-10(13)16-11(14)18-7-6-9(17)15-8-4-2-1-3-5-8/h8H,1-7H2,(H,15,17)(H5,12,13,14,16). The van der Waals surface area contributed by atoms with E-state index < -0.39 is 0 Å². The van der Waals surface area contributed by atoms with Crippen LogP contribution in [0.2, 0.25) is 0 Å². The van der Waals surface area contributed by atoms with E-state index in [0.29, 0.717) is 18.2 Å². The van der Waals surface area contributed by atoms with Crippen molar-refractivity contribution >= 4 is 28.8 Å². The van der Waals surface area contributed by atoms with Crippen LogP contribution in [-0.4, -0.2) is 28.8 Å². The molecule has 7 heteroatoms. The molecule has 6 N–H and O–H groups in total. The summed E-state index contributed by atoms with van der Waals surface area (Å²) in [6, 6.07) is 0.341. The van der Waals surface area contributed by atoms with Crippen LogP contribution in [0.5, 0.6) is 0 Å². The molecule has 18 heavy (non-hydrogen) atoms. The van der Waals surface area contributed by atoms with Crippen molar-refractivity contribution < 1.29 is 4.79 Å². The van der Waals surface area contributed by atoms with Gasteiger partial charge in [-0.15, -0.1) is 0 Å². The van der Waals surface area contributed by atoms with E-state index >= 15 is 0 Å². The number of hydrogen-bond acceptors (Lipinski definition) is 3. The van der Waals surface area contributed by atoms with Gasteiger partial charge in [0, 0.05) is 18.2 Å². The average Bonchev–Trinajstić information content (AvgIpc) is 2.29. The number of nitrogens with zero attached hydrogens (tertiary/aromatic N) is 1. The highest BCUT2D eigenvalue weighted by atomic mass is 32.2. The summed E-state index contributed by atoms with van der Waals surface area (Å²) in [5.74, 6) is 0.444. The third kappa shape index (κ3) is 6.48. The number of guanidine groups is 1. The molecule has 0 unspecified atom stereocenters. The van der Waals surface area contributed by atoms with E-state index in [4.69, 9.17) is 16.9 Å². The van der Waals surface area contributed by atoms with Gasteiger partial charge in [0.25, 0.3) is 0 Å². The third-order valence-corrected chi connectivity index (χ3v) is 3.54. The average molecular weight is 271 g/mol. The van der Waals surface area contributed by atoms with Crippen LogP contribution in [-0.2, 0) is 4.79 Å². The Morgan fingerprint density at radius 1 is 1.33 bits per heavy atom. The summed E-state index contributed by atoms with van der Waals surface area (Å²) < 4.78 is 0. The first kappa shape index (κ1) is 14.8. The van der Waals surface area contributed by atoms with E-state index in [1.54, 1.807) is 0 Å². The van der Waals surface area contributed by atoms with Crippen LogP contribution in [0.3, 0.4) is 0 Å². The van der Waals surface area contributed by atoms with Crippen LogP contribution < -0.4 is 16.8 Å². The molecule has 1 amide bonds. The second-order valence-electron chi connectivity index (χ2n) is 4.34. The number of thioether (sulfide) groups is 1. The van der Waals surface area contributed by atoms with Crippen molar-refractivity contribution in [3.05, 3.63) is 0 Å². The fourth-order valence-corrected chi connectivity index (χ4v) is 2.59. The summed E-state index contributed by atoms with van der Waals surface area (Å²) in [4.78, 5) is 15.2. The predicted molar refractivity (Wildman–Crippen MR) is 75.6 cm³/mol. The van der Waals surface area contributed by atoms with Gasteiger partial charge in [-0.1, -0.05) is 31.0 Å². The number of nitrogens with one attached hydrogen (secondary N) is 2. The molecule has 0 aromatic carbocycles. The van der Waals surface area contributed by atoms with E-state index in [2.05, 4.69) is 10.3 Å². The SMILES string of the molecule is N=C(N=C(N)N)SCCC(=O)NC1CCCCC1. The topological polar surface area (TPSA) is 117 Å². The van der Waals surface area contributed by atoms with Crippen LogP contribution in [0.4, 0.5) is 0 Å². The van der Waals surface area contributed by atoms with Gasteiger partial charge in [-0.3, -0.25) is 10.2 Å². The molecular formula is C11H21N5OS. The van der Waals surface area contributed by atoms with Crippen molar-refractivity contribution in [1.82, 2.24) is 5.32 Å². The van der Waals surface area contributed by atoms with Crippen LogP contribution in [0.15, 0.2) is 4.99 Å². The van der Waals surface area contributed by atoms with Crippen molar-refractivity contribution in [3.8, 4) is 0 Å². The van der Waals surface area contributed by atoms with Gasteiger partial charge in [0.2, 0.25) is 5.91 Å². The summed E-state index contributed by atoms with van der Waals surface area (Å²) in [5.41, 5.74) is 10.3. The molecule has 1 aliphatic rings. The Balaban J connectivity index is 2.13. The maximum atomic E-state index is 11.6. The minimum atomic E-state index is -0.126. The molecule has 1 fully saturated rings. The van der Waals surface area contributed by atoms with Gasteiger partial charge in [0.05, 0.1) is 0 Å². The molecule has 0 aliphatic heterocycles. The van der Waals surface area contributed by atoms with Crippen LogP contribution in [0, 0.1) is 5.41 Å². The molecule has 0 atom stereocenters. The van der Waals surface area contributed by atoms with Gasteiger partial charge in [-0.25, -0.2) is 0 Å². The summed E-state index contributed by atoms with van der Waals surface area (Å²) in [5, 5.41) is 10.5. The lowest BCUT2D eigenvalue weighted by atomic mass is 9.95. The summed E-state index contributed by atoms with van der Waals surface area (Å²) in [7, 11) is 0. The van der Waals surface area contributed by atoms with E-state index in [0.717, 1.165) is 12.8 Å². The lowest BCUT2D eigenvalue weighted by Crippen LogP contribution is -2.36. The van der Waals surface area contributed by atoms with Crippen molar-refractivity contribution in [1.29, 1.82) is 5.41 Å². The van der Waals surface area contributed by atoms with Gasteiger partial charge in [-0.2, -0.15) is 4.99 Å². The van der Waals surface area contributed by atoms with Gasteiger partial charge in [0.15, 0.2) is 11.1 Å². The Labute approximate surface area is 111 Å². The monoisotopic (exact) mass is 271 g/mol. The fourth-order valence-electron chi connectivity index (χ4n) is 1.94. The number of nitrogens with two attached hydrogens (primary N) is 2. The number of amidine groups is 1. The quantitative estimate of drug-likeness (QED) is 0.446. The van der Waals surface area contributed by atoms with E-state index in [1.165, 1.54) is 31.0 Å². The Hall–Kier alpha value is -1.24. The summed E-state index contributed by atoms with van der Waals surface area (Å²) in [6.07, 6.45) is 6.25. The molecule has 0 spiro atoms. The predicted octanol–water partition coefficient (Wildman–Crippen LogP) is 0.767. The number of amides is 1. The van der Waals surface area contributed by atoms with Crippen molar-refractivity contribution in [2.45, 2.75) is 44.6 Å². The summed E-state index contributed by atoms with van der Waals surface area (Å²) in [6.45, 7) is 0. The highest BCUT2D eigenvalue weighted by Crippen LogP contribution is 2.17. The molecule has 1 aliphatic carbocycles. The van der Waals surface area contributed by atoms with Crippen LogP contribution >= 0.6 is 11.8 Å². The molecule has 6 nitrogen and oxygen atoms in total. The van der Waals surface area contributed by atoms with Crippen LogP contribution in [0.1, 0.15) is 38.5 Å². The molecule has 0 saturated heterocycles. The maximum absolute atomic E-state index is 11.6. The van der Waals surface area contributed by atoms with Crippen LogP contribution in [0.25, 0.3) is 0 Å². The van der Waals surface area contributed by atoms with E-state index in [-0.39, 0.29) is 17.0 Å². The minimum absolute atomic E-state index is 0.0421. The smallest absolute Gasteiger partial charge is 0.221 e. The third-order valence-electron chi connectivity index (χ3n) is 2.77. The zero-order chi connectivity index (χ0) is 13.4. The molecule has 0 radical (unpaired) electrons. The van der Waals surface area contributed by atoms with Crippen molar-refractivity contribution in [2.75, 3.05) is 5.75 Å². The Morgan fingerprint density at radius 3 is 2.61 bits per heavy atom. The Kier molecular flexibility index (Phi) is 6.56. The van der Waals surface area contributed by atoms with Crippen molar-refractivity contribution in [3.63, 3.8) is 0 Å². The van der Waals surface area contributed by atoms with Gasteiger partial charge in [-0.05, 0) is 12.8 Å². The first-order valence-corrected chi connectivity index (χ1v) is 7.17. The minimum Gasteiger partial charge on any atom is -0.370 e. The molecular weight excluding hydrogens is 250 g/mol. The number of carbonyl (C=O) groups excluding carboxylic acids is 1. The molecule has 1 rings (SSSR count). The number of carbonyl (C=O) groups is 1. The molecule has 102 valence electrons. The molecule has 0 heterocycles. The largest absolute Gasteiger partial charge is 0.370 e. The van der Waals surface area contributed by atoms with E-state index in [1.807, 2.05) is 0 Å².